The highest BCUT2D eigenvalue weighted by Crippen LogP contribution is 2.43. The van der Waals surface area contributed by atoms with E-state index in [0.29, 0.717) is 22.3 Å². The molecule has 6 rings (SSSR count). The molecule has 1 N–H and O–H groups in total. The monoisotopic (exact) mass is 419 g/mol. The van der Waals surface area contributed by atoms with Crippen LogP contribution in [0.4, 0.5) is 5.69 Å². The van der Waals surface area contributed by atoms with Crippen molar-refractivity contribution in [2.24, 2.45) is 0 Å². The predicted molar refractivity (Wildman–Crippen MR) is 119 cm³/mol. The fourth-order valence-corrected chi connectivity index (χ4v) is 4.82. The Labute approximate surface area is 183 Å². The number of carbonyl (C=O) groups excluding carboxylic acids is 3. The van der Waals surface area contributed by atoms with Crippen molar-refractivity contribution in [2.75, 3.05) is 5.32 Å². The Kier molecular flexibility index (Phi) is 3.95. The zero-order chi connectivity index (χ0) is 21.8. The first-order chi connectivity index (χ1) is 15.6. The molecule has 0 unspecified atom stereocenters. The van der Waals surface area contributed by atoms with Crippen molar-refractivity contribution in [3.63, 3.8) is 0 Å². The summed E-state index contributed by atoms with van der Waals surface area (Å²) in [6.45, 7) is 0. The van der Waals surface area contributed by atoms with Crippen LogP contribution in [0.15, 0.2) is 85.1 Å². The molecule has 3 heterocycles. The van der Waals surface area contributed by atoms with E-state index in [4.69, 9.17) is 0 Å². The molecule has 0 aliphatic carbocycles. The molecule has 0 saturated heterocycles. The lowest BCUT2D eigenvalue weighted by atomic mass is 9.80. The van der Waals surface area contributed by atoms with Gasteiger partial charge in [-0.1, -0.05) is 60.7 Å². The van der Waals surface area contributed by atoms with Gasteiger partial charge in [0.15, 0.2) is 0 Å². The standard InChI is InChI=1S/C26H17N3O3/c30-24-23(29-25(31)17-10-4-5-11-18(17)26(29)32)20(15-7-2-1-3-8-15)19-13-12-16-9-6-14-27-21(16)22(19)28-24/h1-14,20,23H,(H,28,30)/t20-,23+/m0/s1. The summed E-state index contributed by atoms with van der Waals surface area (Å²) >= 11 is 0. The van der Waals surface area contributed by atoms with Gasteiger partial charge in [-0.05, 0) is 29.3 Å². The lowest BCUT2D eigenvalue weighted by Crippen LogP contribution is -2.53. The SMILES string of the molecule is O=C1Nc2c(ccc3cccnc23)[C@H](c2ccccc2)[C@H]1N1C(=O)c2ccccc2C1=O. The minimum atomic E-state index is -1.02. The second kappa shape index (κ2) is 6.85. The number of pyridine rings is 1. The predicted octanol–water partition coefficient (Wildman–Crippen LogP) is 3.98. The number of carbonyl (C=O) groups is 3. The van der Waals surface area contributed by atoms with Crippen molar-refractivity contribution >= 4 is 34.3 Å². The molecule has 3 aromatic carbocycles. The van der Waals surface area contributed by atoms with E-state index in [2.05, 4.69) is 10.3 Å². The third-order valence-corrected chi connectivity index (χ3v) is 6.24. The summed E-state index contributed by atoms with van der Waals surface area (Å²) in [4.78, 5) is 45.7. The molecule has 32 heavy (non-hydrogen) atoms. The maximum Gasteiger partial charge on any atom is 0.262 e. The molecule has 3 amide bonds. The van der Waals surface area contributed by atoms with E-state index >= 15 is 0 Å². The van der Waals surface area contributed by atoms with Crippen molar-refractivity contribution < 1.29 is 14.4 Å². The van der Waals surface area contributed by atoms with Crippen molar-refractivity contribution in [2.45, 2.75) is 12.0 Å². The van der Waals surface area contributed by atoms with E-state index in [1.165, 1.54) is 0 Å². The van der Waals surface area contributed by atoms with Crippen LogP contribution in [-0.2, 0) is 4.79 Å². The summed E-state index contributed by atoms with van der Waals surface area (Å²) in [5.74, 6) is -1.82. The fraction of sp³-hybridized carbons (Fsp3) is 0.0769. The van der Waals surface area contributed by atoms with Gasteiger partial charge in [0.05, 0.1) is 22.3 Å². The van der Waals surface area contributed by atoms with Gasteiger partial charge in [-0.15, -0.1) is 0 Å². The first-order valence-corrected chi connectivity index (χ1v) is 10.4. The summed E-state index contributed by atoms with van der Waals surface area (Å²) in [6, 6.07) is 22.9. The lowest BCUT2D eigenvalue weighted by Gasteiger charge is -2.37. The number of imide groups is 1. The Morgan fingerprint density at radius 2 is 1.44 bits per heavy atom. The number of amides is 3. The number of nitrogens with one attached hydrogen (secondary N) is 1. The number of hydrogen-bond donors (Lipinski definition) is 1. The summed E-state index contributed by atoms with van der Waals surface area (Å²) in [6.07, 6.45) is 1.68. The molecule has 0 radical (unpaired) electrons. The van der Waals surface area contributed by atoms with Gasteiger partial charge in [0.2, 0.25) is 5.91 Å². The maximum absolute atomic E-state index is 13.5. The van der Waals surface area contributed by atoms with Crippen LogP contribution in [0.1, 0.15) is 37.8 Å². The summed E-state index contributed by atoms with van der Waals surface area (Å²) < 4.78 is 0. The molecular formula is C26H17N3O3. The summed E-state index contributed by atoms with van der Waals surface area (Å²) in [5.41, 5.74) is 3.62. The average molecular weight is 419 g/mol. The van der Waals surface area contributed by atoms with Crippen molar-refractivity contribution in [1.29, 1.82) is 0 Å². The molecule has 0 fully saturated rings. The number of hydrogen-bond acceptors (Lipinski definition) is 4. The van der Waals surface area contributed by atoms with Gasteiger partial charge in [-0.2, -0.15) is 0 Å². The second-order valence-electron chi connectivity index (χ2n) is 7.95. The van der Waals surface area contributed by atoms with Crippen molar-refractivity contribution in [3.05, 3.63) is 107 Å². The number of anilines is 1. The topological polar surface area (TPSA) is 79.4 Å². The van der Waals surface area contributed by atoms with Gasteiger partial charge in [0.1, 0.15) is 6.04 Å². The zero-order valence-corrected chi connectivity index (χ0v) is 16.9. The number of nitrogens with zero attached hydrogens (tertiary/aromatic N) is 2. The molecule has 0 bridgehead atoms. The van der Waals surface area contributed by atoms with E-state index in [0.717, 1.165) is 21.4 Å². The average Bonchev–Trinajstić information content (AvgIpc) is 3.09. The molecule has 2 aliphatic heterocycles. The Hall–Kier alpha value is -4.32. The first kappa shape index (κ1) is 18.4. The van der Waals surface area contributed by atoms with E-state index in [1.54, 1.807) is 30.5 Å². The fourth-order valence-electron chi connectivity index (χ4n) is 4.82. The van der Waals surface area contributed by atoms with Crippen LogP contribution in [0.25, 0.3) is 10.9 Å². The molecule has 2 atom stereocenters. The normalized spacial score (nSPS) is 19.6. The molecule has 6 heteroatoms. The molecule has 0 saturated carbocycles. The molecule has 0 spiro atoms. The molecule has 154 valence electrons. The van der Waals surface area contributed by atoms with Crippen LogP contribution in [0.5, 0.6) is 0 Å². The van der Waals surface area contributed by atoms with Crippen LogP contribution in [0, 0.1) is 0 Å². The Bertz CT molecular complexity index is 1400. The van der Waals surface area contributed by atoms with Crippen LogP contribution in [-0.4, -0.2) is 33.6 Å². The number of aromatic nitrogens is 1. The van der Waals surface area contributed by atoms with Crippen LogP contribution in [0.3, 0.4) is 0 Å². The largest absolute Gasteiger partial charge is 0.322 e. The first-order valence-electron chi connectivity index (χ1n) is 10.4. The third-order valence-electron chi connectivity index (χ3n) is 6.24. The highest BCUT2D eigenvalue weighted by atomic mass is 16.2. The van der Waals surface area contributed by atoms with Crippen LogP contribution >= 0.6 is 0 Å². The van der Waals surface area contributed by atoms with Crippen LogP contribution < -0.4 is 5.32 Å². The van der Waals surface area contributed by atoms with Crippen molar-refractivity contribution in [1.82, 2.24) is 9.88 Å². The molecule has 6 nitrogen and oxygen atoms in total. The Balaban J connectivity index is 1.58. The lowest BCUT2D eigenvalue weighted by molar-refractivity contribution is -0.120. The van der Waals surface area contributed by atoms with Gasteiger partial charge >= 0.3 is 0 Å². The van der Waals surface area contributed by atoms with E-state index in [-0.39, 0.29) is 0 Å². The quantitative estimate of drug-likeness (QED) is 0.499. The molecular weight excluding hydrogens is 402 g/mol. The molecule has 1 aromatic heterocycles. The smallest absolute Gasteiger partial charge is 0.262 e. The highest BCUT2D eigenvalue weighted by Gasteiger charge is 2.49. The minimum Gasteiger partial charge on any atom is -0.322 e. The van der Waals surface area contributed by atoms with Gasteiger partial charge in [-0.3, -0.25) is 24.3 Å². The van der Waals surface area contributed by atoms with E-state index < -0.39 is 29.7 Å². The zero-order valence-electron chi connectivity index (χ0n) is 16.9. The molecule has 2 aliphatic rings. The summed E-state index contributed by atoms with van der Waals surface area (Å²) in [5, 5.41) is 3.85. The van der Waals surface area contributed by atoms with Crippen LogP contribution in [0.2, 0.25) is 0 Å². The number of fused-ring (bicyclic) bond motifs is 4. The van der Waals surface area contributed by atoms with Gasteiger partial charge in [0, 0.05) is 17.5 Å². The minimum absolute atomic E-state index is 0.322. The second-order valence-corrected chi connectivity index (χ2v) is 7.95. The van der Waals surface area contributed by atoms with Gasteiger partial charge in [0.25, 0.3) is 11.8 Å². The molecule has 4 aromatic rings. The van der Waals surface area contributed by atoms with E-state index in [9.17, 15) is 14.4 Å². The Morgan fingerprint density at radius 1 is 0.750 bits per heavy atom. The number of rotatable bonds is 2. The van der Waals surface area contributed by atoms with Gasteiger partial charge in [-0.25, -0.2) is 0 Å². The van der Waals surface area contributed by atoms with Gasteiger partial charge < -0.3 is 5.32 Å². The maximum atomic E-state index is 13.5. The highest BCUT2D eigenvalue weighted by molar-refractivity contribution is 6.24. The van der Waals surface area contributed by atoms with E-state index in [1.807, 2.05) is 54.6 Å². The Morgan fingerprint density at radius 3 is 2.16 bits per heavy atom. The summed E-state index contributed by atoms with van der Waals surface area (Å²) in [7, 11) is 0. The third kappa shape index (κ3) is 2.53. The number of benzene rings is 3. The van der Waals surface area contributed by atoms with Crippen molar-refractivity contribution in [3.8, 4) is 0 Å².